The van der Waals surface area contributed by atoms with E-state index in [2.05, 4.69) is 4.72 Å². The molecule has 4 nitrogen and oxygen atoms in total. The summed E-state index contributed by atoms with van der Waals surface area (Å²) in [5.41, 5.74) is 1.90. The molecule has 0 heterocycles. The lowest BCUT2D eigenvalue weighted by Crippen LogP contribution is -2.42. The summed E-state index contributed by atoms with van der Waals surface area (Å²) in [5.74, 6) is -0.121. The van der Waals surface area contributed by atoms with Gasteiger partial charge in [0.05, 0.1) is 10.9 Å². The zero-order chi connectivity index (χ0) is 16.9. The Bertz CT molecular complexity index is 753. The maximum atomic E-state index is 12.5. The van der Waals surface area contributed by atoms with E-state index in [0.29, 0.717) is 6.42 Å². The lowest BCUT2D eigenvalue weighted by Gasteiger charge is -2.17. The third-order valence-corrected chi connectivity index (χ3v) is 5.14. The Morgan fingerprint density at radius 3 is 2.22 bits per heavy atom. The van der Waals surface area contributed by atoms with Crippen LogP contribution in [0.1, 0.15) is 24.5 Å². The van der Waals surface area contributed by atoms with E-state index in [9.17, 15) is 13.2 Å². The van der Waals surface area contributed by atoms with Crippen LogP contribution in [0.3, 0.4) is 0 Å². The molecule has 1 N–H and O–H groups in total. The van der Waals surface area contributed by atoms with Crippen LogP contribution in [-0.4, -0.2) is 20.2 Å². The maximum absolute atomic E-state index is 12.5. The summed E-state index contributed by atoms with van der Waals surface area (Å²) in [5, 5.41) is 0. The molecule has 0 saturated carbocycles. The quantitative estimate of drug-likeness (QED) is 0.848. The minimum atomic E-state index is -3.72. The van der Waals surface area contributed by atoms with E-state index in [4.69, 9.17) is 0 Å². The first-order valence-corrected chi connectivity index (χ1v) is 9.06. The third kappa shape index (κ3) is 4.74. The first-order valence-electron chi connectivity index (χ1n) is 7.58. The monoisotopic (exact) mass is 331 g/mol. The molecule has 2 aromatic carbocycles. The highest BCUT2D eigenvalue weighted by molar-refractivity contribution is 7.89. The molecular weight excluding hydrogens is 310 g/mol. The van der Waals surface area contributed by atoms with Crippen molar-refractivity contribution in [2.45, 2.75) is 37.6 Å². The van der Waals surface area contributed by atoms with Gasteiger partial charge in [-0.15, -0.1) is 0 Å². The molecule has 0 spiro atoms. The van der Waals surface area contributed by atoms with Crippen LogP contribution >= 0.6 is 0 Å². The molecule has 0 bridgehead atoms. The van der Waals surface area contributed by atoms with E-state index >= 15 is 0 Å². The van der Waals surface area contributed by atoms with Crippen molar-refractivity contribution in [1.82, 2.24) is 4.72 Å². The number of benzene rings is 2. The molecule has 0 aromatic heterocycles. The van der Waals surface area contributed by atoms with Crippen LogP contribution in [0.4, 0.5) is 0 Å². The van der Waals surface area contributed by atoms with Crippen molar-refractivity contribution in [3.05, 3.63) is 65.7 Å². The summed E-state index contributed by atoms with van der Waals surface area (Å²) in [4.78, 5) is 12.3. The van der Waals surface area contributed by atoms with Gasteiger partial charge in [0, 0.05) is 6.42 Å². The Kier molecular flexibility index (Phi) is 5.69. The molecule has 0 aliphatic rings. The lowest BCUT2D eigenvalue weighted by molar-refractivity contribution is -0.120. The maximum Gasteiger partial charge on any atom is 0.241 e. The number of carbonyl (C=O) groups excluding carboxylic acids is 1. The average molecular weight is 331 g/mol. The largest absolute Gasteiger partial charge is 0.298 e. The van der Waals surface area contributed by atoms with Crippen LogP contribution in [0.25, 0.3) is 0 Å². The second kappa shape index (κ2) is 7.53. The van der Waals surface area contributed by atoms with E-state index in [-0.39, 0.29) is 17.1 Å². The van der Waals surface area contributed by atoms with Crippen LogP contribution in [0, 0.1) is 6.92 Å². The number of hydrogen-bond acceptors (Lipinski definition) is 3. The van der Waals surface area contributed by atoms with Gasteiger partial charge in [-0.3, -0.25) is 4.79 Å². The average Bonchev–Trinajstić information content (AvgIpc) is 2.54. The van der Waals surface area contributed by atoms with E-state index < -0.39 is 16.1 Å². The highest BCUT2D eigenvalue weighted by atomic mass is 32.2. The molecule has 0 saturated heterocycles. The predicted octanol–water partition coefficient (Wildman–Crippen LogP) is 2.86. The van der Waals surface area contributed by atoms with Crippen LogP contribution in [0.15, 0.2) is 59.5 Å². The van der Waals surface area contributed by atoms with Gasteiger partial charge in [-0.05, 0) is 31.0 Å². The van der Waals surface area contributed by atoms with Crippen LogP contribution < -0.4 is 4.72 Å². The summed E-state index contributed by atoms with van der Waals surface area (Å²) in [7, 11) is -3.72. The number of hydrogen-bond donors (Lipinski definition) is 1. The molecule has 1 atom stereocenters. The number of sulfonamides is 1. The van der Waals surface area contributed by atoms with Gasteiger partial charge in [-0.1, -0.05) is 55.0 Å². The summed E-state index contributed by atoms with van der Waals surface area (Å²) >= 11 is 0. The minimum absolute atomic E-state index is 0.121. The van der Waals surface area contributed by atoms with Gasteiger partial charge in [0.1, 0.15) is 0 Å². The van der Waals surface area contributed by atoms with Gasteiger partial charge >= 0.3 is 0 Å². The molecule has 23 heavy (non-hydrogen) atoms. The fourth-order valence-corrected chi connectivity index (χ4v) is 3.51. The highest BCUT2D eigenvalue weighted by Crippen LogP contribution is 2.13. The predicted molar refractivity (Wildman–Crippen MR) is 90.7 cm³/mol. The SMILES string of the molecule is CCC(=O)C(Cc1ccccc1)NS(=O)(=O)c1ccc(C)cc1. The molecule has 0 amide bonds. The highest BCUT2D eigenvalue weighted by Gasteiger charge is 2.24. The smallest absolute Gasteiger partial charge is 0.241 e. The molecule has 0 aliphatic heterocycles. The molecule has 2 aromatic rings. The minimum Gasteiger partial charge on any atom is -0.298 e. The summed E-state index contributed by atoms with van der Waals surface area (Å²) < 4.78 is 27.6. The van der Waals surface area contributed by atoms with E-state index in [1.807, 2.05) is 37.3 Å². The summed E-state index contributed by atoms with van der Waals surface area (Å²) in [6.45, 7) is 3.63. The molecule has 0 fully saturated rings. The Labute approximate surface area is 137 Å². The van der Waals surface area contributed by atoms with Gasteiger partial charge in [0.25, 0.3) is 0 Å². The number of rotatable bonds is 7. The fourth-order valence-electron chi connectivity index (χ4n) is 2.29. The number of carbonyl (C=O) groups is 1. The van der Waals surface area contributed by atoms with E-state index in [0.717, 1.165) is 11.1 Å². The van der Waals surface area contributed by atoms with Crippen molar-refractivity contribution in [3.63, 3.8) is 0 Å². The Hall–Kier alpha value is -1.98. The first kappa shape index (κ1) is 17.4. The molecular formula is C18H21NO3S. The molecule has 1 unspecified atom stereocenters. The molecule has 0 radical (unpaired) electrons. The standard InChI is InChI=1S/C18H21NO3S/c1-3-18(20)17(13-15-7-5-4-6-8-15)19-23(21,22)16-11-9-14(2)10-12-16/h4-12,17,19H,3,13H2,1-2H3. The summed E-state index contributed by atoms with van der Waals surface area (Å²) in [6.07, 6.45) is 0.631. The van der Waals surface area contributed by atoms with Crippen LogP contribution in [0.2, 0.25) is 0 Å². The van der Waals surface area contributed by atoms with E-state index in [1.165, 1.54) is 0 Å². The van der Waals surface area contributed by atoms with Crippen molar-refractivity contribution < 1.29 is 13.2 Å². The van der Waals surface area contributed by atoms with Crippen molar-refractivity contribution in [2.75, 3.05) is 0 Å². The Morgan fingerprint density at radius 1 is 1.04 bits per heavy atom. The van der Waals surface area contributed by atoms with Gasteiger partial charge in [-0.25, -0.2) is 13.1 Å². The normalized spacial score (nSPS) is 12.8. The number of nitrogens with one attached hydrogen (secondary N) is 1. The molecule has 0 aliphatic carbocycles. The van der Waals surface area contributed by atoms with E-state index in [1.54, 1.807) is 31.2 Å². The van der Waals surface area contributed by atoms with Crippen molar-refractivity contribution in [1.29, 1.82) is 0 Å². The third-order valence-electron chi connectivity index (χ3n) is 3.65. The molecule has 5 heteroatoms. The zero-order valence-electron chi connectivity index (χ0n) is 13.3. The van der Waals surface area contributed by atoms with Gasteiger partial charge < -0.3 is 0 Å². The topological polar surface area (TPSA) is 63.2 Å². The van der Waals surface area contributed by atoms with Crippen LogP contribution in [-0.2, 0) is 21.2 Å². The van der Waals surface area contributed by atoms with Crippen LogP contribution in [0.5, 0.6) is 0 Å². The van der Waals surface area contributed by atoms with Gasteiger partial charge in [0.2, 0.25) is 10.0 Å². The number of Topliss-reactive ketones (excluding diaryl/α,β-unsaturated/α-hetero) is 1. The Morgan fingerprint density at radius 2 is 1.65 bits per heavy atom. The van der Waals surface area contributed by atoms with Crippen molar-refractivity contribution >= 4 is 15.8 Å². The van der Waals surface area contributed by atoms with Gasteiger partial charge in [-0.2, -0.15) is 0 Å². The van der Waals surface area contributed by atoms with Crippen molar-refractivity contribution in [2.24, 2.45) is 0 Å². The molecule has 2 rings (SSSR count). The Balaban J connectivity index is 2.23. The molecule has 122 valence electrons. The fraction of sp³-hybridized carbons (Fsp3) is 0.278. The second-order valence-corrected chi connectivity index (χ2v) is 7.21. The first-order chi connectivity index (χ1) is 10.9. The van der Waals surface area contributed by atoms with Gasteiger partial charge in [0.15, 0.2) is 5.78 Å². The zero-order valence-corrected chi connectivity index (χ0v) is 14.1. The number of aryl methyl sites for hydroxylation is 1. The second-order valence-electron chi connectivity index (χ2n) is 5.50. The van der Waals surface area contributed by atoms with Crippen molar-refractivity contribution in [3.8, 4) is 0 Å². The number of ketones is 1. The lowest BCUT2D eigenvalue weighted by atomic mass is 10.0. The summed E-state index contributed by atoms with van der Waals surface area (Å²) in [6, 6.07) is 15.2.